The van der Waals surface area contributed by atoms with Crippen LogP contribution in [0.15, 0.2) is 71.2 Å². The fourth-order valence-corrected chi connectivity index (χ4v) is 4.56. The molecule has 0 saturated carbocycles. The molecule has 174 valence electrons. The first-order valence-corrected chi connectivity index (χ1v) is 11.7. The van der Waals surface area contributed by atoms with Crippen molar-refractivity contribution in [2.24, 2.45) is 0 Å². The summed E-state index contributed by atoms with van der Waals surface area (Å²) in [6, 6.07) is 11.7. The summed E-state index contributed by atoms with van der Waals surface area (Å²) < 4.78 is 14.0. The Kier molecular flexibility index (Phi) is 6.10. The number of carbonyl (C=O) groups excluding carboxylic acids is 2. The van der Waals surface area contributed by atoms with Gasteiger partial charge in [0.15, 0.2) is 11.5 Å². The van der Waals surface area contributed by atoms with Crippen LogP contribution in [0.5, 0.6) is 11.5 Å². The van der Waals surface area contributed by atoms with Crippen LogP contribution >= 0.6 is 15.9 Å². The minimum Gasteiger partial charge on any atom is -0.507 e. The number of fused-ring (bicyclic) bond motifs is 1. The topological polar surface area (TPSA) is 93.9 Å². The zero-order valence-electron chi connectivity index (χ0n) is 18.2. The van der Waals surface area contributed by atoms with E-state index in [-0.39, 0.29) is 11.3 Å². The van der Waals surface area contributed by atoms with E-state index >= 15 is 0 Å². The van der Waals surface area contributed by atoms with Gasteiger partial charge in [-0.3, -0.25) is 9.59 Å². The van der Waals surface area contributed by atoms with Crippen molar-refractivity contribution in [1.29, 1.82) is 0 Å². The molecular formula is C25H22BrN3O5. The number of aromatic nitrogens is 2. The van der Waals surface area contributed by atoms with Crippen molar-refractivity contribution >= 4 is 33.4 Å². The molecule has 1 aromatic heterocycles. The SMILES string of the molecule is O=C1C(=O)N(CCCn2ccnc2)[C@H](c2ccc(Br)cc2)C1=C(O)c1ccc2c(c1)OCCO2. The molecule has 2 aliphatic rings. The number of halogens is 1. The van der Waals surface area contributed by atoms with Crippen LogP contribution in [-0.4, -0.2) is 51.0 Å². The molecule has 0 radical (unpaired) electrons. The molecule has 0 unspecified atom stereocenters. The number of ether oxygens (including phenoxy) is 2. The van der Waals surface area contributed by atoms with Crippen LogP contribution in [0.3, 0.4) is 0 Å². The number of ketones is 1. The number of hydrogen-bond acceptors (Lipinski definition) is 6. The Morgan fingerprint density at radius 2 is 1.82 bits per heavy atom. The van der Waals surface area contributed by atoms with Gasteiger partial charge in [-0.05, 0) is 42.3 Å². The monoisotopic (exact) mass is 523 g/mol. The summed E-state index contributed by atoms with van der Waals surface area (Å²) in [5, 5.41) is 11.3. The maximum absolute atomic E-state index is 13.2. The lowest BCUT2D eigenvalue weighted by atomic mass is 9.95. The summed E-state index contributed by atoms with van der Waals surface area (Å²) in [4.78, 5) is 31.8. The Bertz CT molecular complexity index is 1250. The minimum atomic E-state index is -0.706. The van der Waals surface area contributed by atoms with Gasteiger partial charge in [-0.15, -0.1) is 0 Å². The molecule has 3 aromatic rings. The van der Waals surface area contributed by atoms with Crippen LogP contribution in [0, 0.1) is 0 Å². The standard InChI is InChI=1S/C25H22BrN3O5/c26-18-5-2-16(3-6-18)22-21(23(30)17-4-7-19-20(14-17)34-13-12-33-19)24(31)25(32)29(22)10-1-9-28-11-8-27-15-28/h2-8,11,14-15,22,30H,1,9-10,12-13H2/t22-/m1/s1. The maximum Gasteiger partial charge on any atom is 0.295 e. The summed E-state index contributed by atoms with van der Waals surface area (Å²) in [6.45, 7) is 1.85. The van der Waals surface area contributed by atoms with Gasteiger partial charge in [-0.25, -0.2) is 4.98 Å². The zero-order chi connectivity index (χ0) is 23.7. The first-order chi connectivity index (χ1) is 16.5. The van der Waals surface area contributed by atoms with Gasteiger partial charge in [0.2, 0.25) is 0 Å². The zero-order valence-corrected chi connectivity index (χ0v) is 19.8. The molecule has 2 aromatic carbocycles. The molecular weight excluding hydrogens is 502 g/mol. The average Bonchev–Trinajstić information content (AvgIpc) is 3.46. The molecule has 1 N–H and O–H groups in total. The van der Waals surface area contributed by atoms with Crippen LogP contribution in [-0.2, 0) is 16.1 Å². The smallest absolute Gasteiger partial charge is 0.295 e. The Hall–Kier alpha value is -3.59. The van der Waals surface area contributed by atoms with Gasteiger partial charge in [0.05, 0.1) is 17.9 Å². The number of imidazole rings is 1. The van der Waals surface area contributed by atoms with Gasteiger partial charge in [0.1, 0.15) is 19.0 Å². The third kappa shape index (κ3) is 4.19. The van der Waals surface area contributed by atoms with E-state index in [1.807, 2.05) is 35.0 Å². The number of aliphatic hydroxyl groups is 1. The van der Waals surface area contributed by atoms with Crippen molar-refractivity contribution in [3.63, 3.8) is 0 Å². The van der Waals surface area contributed by atoms with Crippen LogP contribution in [0.25, 0.3) is 5.76 Å². The summed E-state index contributed by atoms with van der Waals surface area (Å²) >= 11 is 3.43. The number of amides is 1. The number of aryl methyl sites for hydroxylation is 1. The molecule has 34 heavy (non-hydrogen) atoms. The first kappa shape index (κ1) is 22.2. The van der Waals surface area contributed by atoms with Crippen molar-refractivity contribution in [3.8, 4) is 11.5 Å². The molecule has 3 heterocycles. The number of Topliss-reactive ketones (excluding diaryl/α,β-unsaturated/α-hetero) is 1. The molecule has 1 saturated heterocycles. The number of hydrogen-bond donors (Lipinski definition) is 1. The highest BCUT2D eigenvalue weighted by Gasteiger charge is 2.45. The Labute approximate surface area is 204 Å². The fourth-order valence-electron chi connectivity index (χ4n) is 4.29. The molecule has 0 aliphatic carbocycles. The number of likely N-dealkylation sites (tertiary alicyclic amines) is 1. The Balaban J connectivity index is 1.53. The van der Waals surface area contributed by atoms with Crippen LogP contribution in [0.4, 0.5) is 0 Å². The van der Waals surface area contributed by atoms with Gasteiger partial charge in [-0.1, -0.05) is 28.1 Å². The van der Waals surface area contributed by atoms with Crippen molar-refractivity contribution < 1.29 is 24.2 Å². The van der Waals surface area contributed by atoms with Gasteiger partial charge < -0.3 is 24.0 Å². The average molecular weight is 524 g/mol. The lowest BCUT2D eigenvalue weighted by Crippen LogP contribution is -2.31. The lowest BCUT2D eigenvalue weighted by Gasteiger charge is -2.25. The van der Waals surface area contributed by atoms with Gasteiger partial charge in [-0.2, -0.15) is 0 Å². The van der Waals surface area contributed by atoms with E-state index < -0.39 is 17.7 Å². The first-order valence-electron chi connectivity index (χ1n) is 10.9. The molecule has 1 fully saturated rings. The molecule has 1 atom stereocenters. The van der Waals surface area contributed by atoms with Gasteiger partial charge in [0.25, 0.3) is 11.7 Å². The summed E-state index contributed by atoms with van der Waals surface area (Å²) in [6.07, 6.45) is 5.88. The van der Waals surface area contributed by atoms with E-state index in [2.05, 4.69) is 20.9 Å². The second kappa shape index (κ2) is 9.34. The molecule has 1 amide bonds. The van der Waals surface area contributed by atoms with E-state index in [1.165, 1.54) is 4.90 Å². The van der Waals surface area contributed by atoms with E-state index in [9.17, 15) is 14.7 Å². The van der Waals surface area contributed by atoms with E-state index in [1.54, 1.807) is 30.7 Å². The highest BCUT2D eigenvalue weighted by Crippen LogP contribution is 2.41. The third-order valence-electron chi connectivity index (χ3n) is 5.92. The van der Waals surface area contributed by atoms with Crippen molar-refractivity contribution in [1.82, 2.24) is 14.5 Å². The summed E-state index contributed by atoms with van der Waals surface area (Å²) in [5.74, 6) is -0.502. The van der Waals surface area contributed by atoms with Crippen LogP contribution < -0.4 is 9.47 Å². The van der Waals surface area contributed by atoms with Gasteiger partial charge in [0, 0.05) is 35.5 Å². The predicted octanol–water partition coefficient (Wildman–Crippen LogP) is 3.93. The number of nitrogens with zero attached hydrogens (tertiary/aromatic N) is 3. The normalized spacial score (nSPS) is 19.0. The lowest BCUT2D eigenvalue weighted by molar-refractivity contribution is -0.139. The highest BCUT2D eigenvalue weighted by atomic mass is 79.9. The van der Waals surface area contributed by atoms with E-state index in [0.717, 1.165) is 10.0 Å². The molecule has 8 nitrogen and oxygen atoms in total. The molecule has 0 bridgehead atoms. The van der Waals surface area contributed by atoms with Gasteiger partial charge >= 0.3 is 0 Å². The molecule has 2 aliphatic heterocycles. The number of aliphatic hydroxyl groups excluding tert-OH is 1. The van der Waals surface area contributed by atoms with Crippen molar-refractivity contribution in [3.05, 3.63) is 82.4 Å². The largest absolute Gasteiger partial charge is 0.507 e. The molecule has 5 rings (SSSR count). The van der Waals surface area contributed by atoms with Crippen LogP contribution in [0.1, 0.15) is 23.6 Å². The van der Waals surface area contributed by atoms with Crippen molar-refractivity contribution in [2.75, 3.05) is 19.8 Å². The predicted molar refractivity (Wildman–Crippen MR) is 127 cm³/mol. The molecule has 9 heteroatoms. The molecule has 0 spiro atoms. The summed E-state index contributed by atoms with van der Waals surface area (Å²) in [5.41, 5.74) is 1.19. The number of rotatable bonds is 6. The highest BCUT2D eigenvalue weighted by molar-refractivity contribution is 9.10. The Morgan fingerprint density at radius 1 is 1.06 bits per heavy atom. The fraction of sp³-hybridized carbons (Fsp3) is 0.240. The minimum absolute atomic E-state index is 0.0617. The Morgan fingerprint density at radius 3 is 2.56 bits per heavy atom. The second-order valence-corrected chi connectivity index (χ2v) is 8.97. The quantitative estimate of drug-likeness (QED) is 0.299. The number of carbonyl (C=O) groups is 2. The van der Waals surface area contributed by atoms with E-state index in [0.29, 0.717) is 49.8 Å². The number of benzene rings is 2. The summed E-state index contributed by atoms with van der Waals surface area (Å²) in [7, 11) is 0. The van der Waals surface area contributed by atoms with Crippen LogP contribution in [0.2, 0.25) is 0 Å². The van der Waals surface area contributed by atoms with E-state index in [4.69, 9.17) is 9.47 Å². The third-order valence-corrected chi connectivity index (χ3v) is 6.44. The second-order valence-electron chi connectivity index (χ2n) is 8.06. The van der Waals surface area contributed by atoms with Crippen molar-refractivity contribution in [2.45, 2.75) is 19.0 Å². The maximum atomic E-state index is 13.2.